The number of amides is 1. The Hall–Kier alpha value is -2.35. The van der Waals surface area contributed by atoms with E-state index >= 15 is 0 Å². The van der Waals surface area contributed by atoms with E-state index in [1.807, 2.05) is 0 Å². The van der Waals surface area contributed by atoms with E-state index < -0.39 is 5.54 Å². The number of nitrogens with zero attached hydrogens (tertiary/aromatic N) is 1. The lowest BCUT2D eigenvalue weighted by Crippen LogP contribution is -2.48. The van der Waals surface area contributed by atoms with E-state index in [1.165, 1.54) is 0 Å². The van der Waals surface area contributed by atoms with Gasteiger partial charge in [-0.15, -0.1) is 0 Å². The van der Waals surface area contributed by atoms with Gasteiger partial charge in [-0.05, 0) is 37.1 Å². The second-order valence-corrected chi connectivity index (χ2v) is 5.63. The van der Waals surface area contributed by atoms with Gasteiger partial charge >= 0.3 is 0 Å². The Bertz CT molecular complexity index is 552. The van der Waals surface area contributed by atoms with Crippen LogP contribution in [-0.2, 0) is 4.79 Å². The van der Waals surface area contributed by atoms with Crippen molar-refractivity contribution in [2.75, 3.05) is 6.61 Å². The monoisotopic (exact) mass is 300 g/mol. The molecule has 1 saturated carbocycles. The summed E-state index contributed by atoms with van der Waals surface area (Å²) in [5.74, 6) is 0.232. The maximum Gasteiger partial charge on any atom is 0.259 e. The molecule has 0 unspecified atom stereocenters. The van der Waals surface area contributed by atoms with Crippen LogP contribution in [0.25, 0.3) is 0 Å². The molecule has 1 aromatic carbocycles. The third-order valence-corrected chi connectivity index (χ3v) is 3.94. The van der Waals surface area contributed by atoms with Crippen LogP contribution in [0.4, 0.5) is 0 Å². The summed E-state index contributed by atoms with van der Waals surface area (Å²) in [4.78, 5) is 22.6. The van der Waals surface area contributed by atoms with E-state index in [2.05, 4.69) is 11.4 Å². The third-order valence-electron chi connectivity index (χ3n) is 3.94. The van der Waals surface area contributed by atoms with Gasteiger partial charge in [0.1, 0.15) is 17.6 Å². The molecule has 1 aliphatic rings. The summed E-state index contributed by atoms with van der Waals surface area (Å²) in [6.45, 7) is -0.135. The summed E-state index contributed by atoms with van der Waals surface area (Å²) < 4.78 is 5.39. The van der Waals surface area contributed by atoms with E-state index in [0.29, 0.717) is 24.2 Å². The first-order chi connectivity index (χ1) is 10.7. The van der Waals surface area contributed by atoms with Gasteiger partial charge in [-0.1, -0.05) is 25.7 Å². The number of nitriles is 1. The Morgan fingerprint density at radius 3 is 2.41 bits per heavy atom. The molecule has 0 bridgehead atoms. The predicted molar refractivity (Wildman–Crippen MR) is 81.5 cm³/mol. The van der Waals surface area contributed by atoms with E-state index in [0.717, 1.165) is 32.0 Å². The fraction of sp³-hybridized carbons (Fsp3) is 0.471. The summed E-state index contributed by atoms with van der Waals surface area (Å²) in [5, 5.41) is 12.3. The minimum absolute atomic E-state index is 0.135. The zero-order valence-electron chi connectivity index (χ0n) is 12.5. The highest BCUT2D eigenvalue weighted by atomic mass is 16.5. The summed E-state index contributed by atoms with van der Waals surface area (Å²) in [5.41, 5.74) is -0.197. The zero-order valence-corrected chi connectivity index (χ0v) is 12.5. The van der Waals surface area contributed by atoms with Gasteiger partial charge in [0.2, 0.25) is 0 Å². The van der Waals surface area contributed by atoms with E-state index in [-0.39, 0.29) is 12.5 Å². The molecular formula is C17H20N2O3. The number of rotatable bonds is 5. The number of hydrogen-bond acceptors (Lipinski definition) is 4. The van der Waals surface area contributed by atoms with Crippen LogP contribution in [0.5, 0.6) is 5.75 Å². The predicted octanol–water partition coefficient (Wildman–Crippen LogP) is 2.61. The van der Waals surface area contributed by atoms with Crippen LogP contribution in [0, 0.1) is 11.3 Å². The van der Waals surface area contributed by atoms with Gasteiger partial charge in [0, 0.05) is 5.56 Å². The molecule has 0 spiro atoms. The van der Waals surface area contributed by atoms with Crippen molar-refractivity contribution in [3.05, 3.63) is 29.8 Å². The molecule has 1 aliphatic carbocycles. The van der Waals surface area contributed by atoms with Crippen molar-refractivity contribution in [3.8, 4) is 11.8 Å². The fourth-order valence-electron chi connectivity index (χ4n) is 2.69. The lowest BCUT2D eigenvalue weighted by molar-refractivity contribution is -0.124. The van der Waals surface area contributed by atoms with Crippen LogP contribution >= 0.6 is 0 Å². The van der Waals surface area contributed by atoms with Crippen molar-refractivity contribution in [2.45, 2.75) is 44.1 Å². The molecule has 1 aromatic rings. The highest BCUT2D eigenvalue weighted by Crippen LogP contribution is 2.26. The minimum Gasteiger partial charge on any atom is -0.484 e. The first kappa shape index (κ1) is 16.0. The third kappa shape index (κ3) is 4.32. The van der Waals surface area contributed by atoms with Gasteiger partial charge in [-0.2, -0.15) is 5.26 Å². The molecule has 5 heteroatoms. The highest BCUT2D eigenvalue weighted by molar-refractivity contribution is 5.79. The van der Waals surface area contributed by atoms with Crippen LogP contribution in [0.1, 0.15) is 48.9 Å². The topological polar surface area (TPSA) is 79.2 Å². The van der Waals surface area contributed by atoms with Crippen LogP contribution in [0.15, 0.2) is 24.3 Å². The number of aldehydes is 1. The van der Waals surface area contributed by atoms with Gasteiger partial charge in [-0.3, -0.25) is 9.59 Å². The molecule has 0 radical (unpaired) electrons. The molecule has 1 N–H and O–H groups in total. The molecule has 5 nitrogen and oxygen atoms in total. The van der Waals surface area contributed by atoms with Crippen LogP contribution in [-0.4, -0.2) is 24.3 Å². The molecule has 116 valence electrons. The standard InChI is InChI=1S/C17H20N2O3/c18-13-17(9-3-1-2-4-10-17)19-16(21)12-22-15-7-5-14(11-20)6-8-15/h5-8,11H,1-4,9-10,12H2,(H,19,21). The van der Waals surface area contributed by atoms with Crippen molar-refractivity contribution in [3.63, 3.8) is 0 Å². The molecule has 0 atom stereocenters. The maximum atomic E-state index is 12.0. The van der Waals surface area contributed by atoms with Crippen molar-refractivity contribution in [1.29, 1.82) is 5.26 Å². The number of benzene rings is 1. The summed E-state index contributed by atoms with van der Waals surface area (Å²) in [6, 6.07) is 8.81. The Balaban J connectivity index is 1.88. The molecule has 0 heterocycles. The molecule has 0 aromatic heterocycles. The first-order valence-electron chi connectivity index (χ1n) is 7.58. The number of ether oxygens (including phenoxy) is 1. The fourth-order valence-corrected chi connectivity index (χ4v) is 2.69. The second kappa shape index (κ2) is 7.60. The zero-order chi connectivity index (χ0) is 15.8. The summed E-state index contributed by atoms with van der Waals surface area (Å²) >= 11 is 0. The first-order valence-corrected chi connectivity index (χ1v) is 7.58. The maximum absolute atomic E-state index is 12.0. The minimum atomic E-state index is -0.752. The molecule has 1 amide bonds. The van der Waals surface area contributed by atoms with Crippen molar-refractivity contribution in [1.82, 2.24) is 5.32 Å². The summed E-state index contributed by atoms with van der Waals surface area (Å²) in [6.07, 6.45) is 6.28. The number of hydrogen-bond donors (Lipinski definition) is 1. The molecule has 22 heavy (non-hydrogen) atoms. The smallest absolute Gasteiger partial charge is 0.259 e. The Kier molecular flexibility index (Phi) is 5.54. The van der Waals surface area contributed by atoms with Gasteiger partial charge in [0.25, 0.3) is 5.91 Å². The van der Waals surface area contributed by atoms with Gasteiger partial charge in [0.15, 0.2) is 6.61 Å². The largest absolute Gasteiger partial charge is 0.484 e. The summed E-state index contributed by atoms with van der Waals surface area (Å²) in [7, 11) is 0. The van der Waals surface area contributed by atoms with E-state index in [9.17, 15) is 14.9 Å². The molecule has 1 fully saturated rings. The van der Waals surface area contributed by atoms with Gasteiger partial charge in [-0.25, -0.2) is 0 Å². The lowest BCUT2D eigenvalue weighted by atomic mass is 9.92. The van der Waals surface area contributed by atoms with E-state index in [4.69, 9.17) is 4.74 Å². The van der Waals surface area contributed by atoms with Crippen molar-refractivity contribution < 1.29 is 14.3 Å². The molecular weight excluding hydrogens is 280 g/mol. The van der Waals surface area contributed by atoms with Crippen LogP contribution in [0.3, 0.4) is 0 Å². The quantitative estimate of drug-likeness (QED) is 0.669. The Morgan fingerprint density at radius 2 is 1.86 bits per heavy atom. The van der Waals surface area contributed by atoms with E-state index in [1.54, 1.807) is 24.3 Å². The molecule has 2 rings (SSSR count). The number of carbonyl (C=O) groups excluding carboxylic acids is 2. The van der Waals surface area contributed by atoms with Crippen LogP contribution in [0.2, 0.25) is 0 Å². The van der Waals surface area contributed by atoms with Crippen molar-refractivity contribution >= 4 is 12.2 Å². The normalized spacial score (nSPS) is 16.9. The van der Waals surface area contributed by atoms with Gasteiger partial charge < -0.3 is 10.1 Å². The Labute approximate surface area is 130 Å². The van der Waals surface area contributed by atoms with Crippen LogP contribution < -0.4 is 10.1 Å². The average molecular weight is 300 g/mol. The number of nitrogens with one attached hydrogen (secondary N) is 1. The molecule has 0 aliphatic heterocycles. The number of carbonyl (C=O) groups is 2. The van der Waals surface area contributed by atoms with Crippen molar-refractivity contribution in [2.24, 2.45) is 0 Å². The Morgan fingerprint density at radius 1 is 1.23 bits per heavy atom. The van der Waals surface area contributed by atoms with Gasteiger partial charge in [0.05, 0.1) is 6.07 Å². The second-order valence-electron chi connectivity index (χ2n) is 5.63. The SMILES string of the molecule is N#CC1(NC(=O)COc2ccc(C=O)cc2)CCCCCC1. The molecule has 0 saturated heterocycles. The highest BCUT2D eigenvalue weighted by Gasteiger charge is 2.32. The average Bonchev–Trinajstić information content (AvgIpc) is 2.79. The lowest BCUT2D eigenvalue weighted by Gasteiger charge is -2.26.